The molecule has 3 N–H and O–H groups in total. The molecule has 0 saturated carbocycles. The number of nitrogens with zero attached hydrogens (tertiary/aromatic N) is 3. The molecule has 0 spiro atoms. The van der Waals surface area contributed by atoms with E-state index in [1.54, 1.807) is 0 Å². The number of aromatic nitrogens is 2. The van der Waals surface area contributed by atoms with Crippen molar-refractivity contribution in [3.63, 3.8) is 0 Å². The summed E-state index contributed by atoms with van der Waals surface area (Å²) in [4.78, 5) is 10.4. The van der Waals surface area contributed by atoms with Gasteiger partial charge in [0.25, 0.3) is 0 Å². The Morgan fingerprint density at radius 3 is 2.83 bits per heavy atom. The number of nitrogen functional groups attached to an aromatic ring is 1. The van der Waals surface area contributed by atoms with Gasteiger partial charge in [-0.3, -0.25) is 4.90 Å². The molecular formula is C11H18ClN5O. The summed E-state index contributed by atoms with van der Waals surface area (Å²) < 4.78 is 5.29. The second-order valence-electron chi connectivity index (χ2n) is 4.22. The highest BCUT2D eigenvalue weighted by molar-refractivity contribution is 6.28. The van der Waals surface area contributed by atoms with E-state index in [9.17, 15) is 0 Å². The number of halogens is 1. The number of aryl methyl sites for hydroxylation is 1. The Labute approximate surface area is 111 Å². The summed E-state index contributed by atoms with van der Waals surface area (Å²) in [7, 11) is 0. The van der Waals surface area contributed by atoms with Crippen molar-refractivity contribution in [1.29, 1.82) is 0 Å². The summed E-state index contributed by atoms with van der Waals surface area (Å²) >= 11 is 5.80. The molecule has 0 atom stereocenters. The van der Waals surface area contributed by atoms with Crippen molar-refractivity contribution in [3.8, 4) is 0 Å². The maximum absolute atomic E-state index is 5.89. The van der Waals surface area contributed by atoms with Crippen LogP contribution in [0.3, 0.4) is 0 Å². The Morgan fingerprint density at radius 2 is 2.11 bits per heavy atom. The van der Waals surface area contributed by atoms with Gasteiger partial charge in [-0.2, -0.15) is 4.98 Å². The number of ether oxygens (including phenoxy) is 1. The van der Waals surface area contributed by atoms with Gasteiger partial charge in [-0.05, 0) is 18.5 Å². The van der Waals surface area contributed by atoms with Crippen molar-refractivity contribution in [3.05, 3.63) is 11.0 Å². The lowest BCUT2D eigenvalue weighted by molar-refractivity contribution is 0.0398. The van der Waals surface area contributed by atoms with Gasteiger partial charge in [-0.15, -0.1) is 0 Å². The Morgan fingerprint density at radius 1 is 1.39 bits per heavy atom. The molecular weight excluding hydrogens is 254 g/mol. The average molecular weight is 272 g/mol. The first kappa shape index (κ1) is 13.3. The first-order chi connectivity index (χ1) is 8.66. The molecule has 1 aromatic rings. The zero-order valence-electron chi connectivity index (χ0n) is 10.4. The third-order valence-electron chi connectivity index (χ3n) is 2.93. The monoisotopic (exact) mass is 271 g/mol. The smallest absolute Gasteiger partial charge is 0.224 e. The number of anilines is 2. The van der Waals surface area contributed by atoms with E-state index in [0.717, 1.165) is 39.4 Å². The Hall–Kier alpha value is -1.11. The SMILES string of the molecule is Cc1nc(Cl)nc(NCCN2CCOCC2)c1N. The van der Waals surface area contributed by atoms with Crippen LogP contribution >= 0.6 is 11.6 Å². The molecule has 2 heterocycles. The van der Waals surface area contributed by atoms with Crippen LogP contribution in [0, 0.1) is 6.92 Å². The Kier molecular flexibility index (Phi) is 4.57. The molecule has 100 valence electrons. The third-order valence-corrected chi connectivity index (χ3v) is 3.10. The highest BCUT2D eigenvalue weighted by atomic mass is 35.5. The second kappa shape index (κ2) is 6.17. The summed E-state index contributed by atoms with van der Waals surface area (Å²) in [6.07, 6.45) is 0. The van der Waals surface area contributed by atoms with E-state index in [2.05, 4.69) is 20.2 Å². The van der Waals surface area contributed by atoms with E-state index < -0.39 is 0 Å². The van der Waals surface area contributed by atoms with Crippen LogP contribution in [0.1, 0.15) is 5.69 Å². The van der Waals surface area contributed by atoms with Crippen LogP contribution in [-0.4, -0.2) is 54.3 Å². The first-order valence-corrected chi connectivity index (χ1v) is 6.38. The number of hydrogen-bond donors (Lipinski definition) is 2. The molecule has 0 aliphatic carbocycles. The fraction of sp³-hybridized carbons (Fsp3) is 0.636. The molecule has 18 heavy (non-hydrogen) atoms. The molecule has 2 rings (SSSR count). The van der Waals surface area contributed by atoms with Crippen molar-refractivity contribution in [1.82, 2.24) is 14.9 Å². The van der Waals surface area contributed by atoms with Gasteiger partial charge in [-0.25, -0.2) is 4.98 Å². The maximum Gasteiger partial charge on any atom is 0.224 e. The van der Waals surface area contributed by atoms with E-state index in [-0.39, 0.29) is 5.28 Å². The van der Waals surface area contributed by atoms with E-state index in [1.807, 2.05) is 6.92 Å². The van der Waals surface area contributed by atoms with Crippen LogP contribution in [-0.2, 0) is 4.74 Å². The number of morpholine rings is 1. The highest BCUT2D eigenvalue weighted by Crippen LogP contribution is 2.20. The lowest BCUT2D eigenvalue weighted by Gasteiger charge is -2.26. The zero-order chi connectivity index (χ0) is 13.0. The van der Waals surface area contributed by atoms with Crippen LogP contribution in [0.2, 0.25) is 5.28 Å². The highest BCUT2D eigenvalue weighted by Gasteiger charge is 2.11. The standard InChI is InChI=1S/C11H18ClN5O/c1-8-9(13)10(16-11(12)15-8)14-2-3-17-4-6-18-7-5-17/h2-7,13H2,1H3,(H,14,15,16). The minimum absolute atomic E-state index is 0.218. The van der Waals surface area contributed by atoms with Gasteiger partial charge < -0.3 is 15.8 Å². The van der Waals surface area contributed by atoms with Crippen molar-refractivity contribution in [2.45, 2.75) is 6.92 Å². The third kappa shape index (κ3) is 3.44. The molecule has 1 fully saturated rings. The van der Waals surface area contributed by atoms with E-state index in [4.69, 9.17) is 22.1 Å². The maximum atomic E-state index is 5.89. The predicted molar refractivity (Wildman–Crippen MR) is 71.9 cm³/mol. The summed E-state index contributed by atoms with van der Waals surface area (Å²) in [6.45, 7) is 7.08. The molecule has 0 radical (unpaired) electrons. The van der Waals surface area contributed by atoms with Gasteiger partial charge in [0.15, 0.2) is 5.82 Å². The van der Waals surface area contributed by atoms with E-state index in [0.29, 0.717) is 17.2 Å². The number of rotatable bonds is 4. The molecule has 0 unspecified atom stereocenters. The second-order valence-corrected chi connectivity index (χ2v) is 4.56. The van der Waals surface area contributed by atoms with Gasteiger partial charge in [0, 0.05) is 26.2 Å². The van der Waals surface area contributed by atoms with Gasteiger partial charge in [0.1, 0.15) is 0 Å². The zero-order valence-corrected chi connectivity index (χ0v) is 11.2. The molecule has 6 nitrogen and oxygen atoms in total. The number of nitrogens with two attached hydrogens (primary N) is 1. The van der Waals surface area contributed by atoms with Gasteiger partial charge in [0.2, 0.25) is 5.28 Å². The molecule has 1 saturated heterocycles. The summed E-state index contributed by atoms with van der Waals surface area (Å²) in [6, 6.07) is 0. The van der Waals surface area contributed by atoms with Crippen LogP contribution in [0.15, 0.2) is 0 Å². The lowest BCUT2D eigenvalue weighted by Crippen LogP contribution is -2.39. The van der Waals surface area contributed by atoms with Gasteiger partial charge in [-0.1, -0.05) is 0 Å². The molecule has 7 heteroatoms. The van der Waals surface area contributed by atoms with Crippen LogP contribution in [0.4, 0.5) is 11.5 Å². The normalized spacial score (nSPS) is 16.8. The topological polar surface area (TPSA) is 76.3 Å². The lowest BCUT2D eigenvalue weighted by atomic mass is 10.3. The summed E-state index contributed by atoms with van der Waals surface area (Å²) in [5, 5.41) is 3.42. The van der Waals surface area contributed by atoms with Crippen LogP contribution in [0.5, 0.6) is 0 Å². The quantitative estimate of drug-likeness (QED) is 0.788. The number of hydrogen-bond acceptors (Lipinski definition) is 6. The molecule has 1 aliphatic heterocycles. The summed E-state index contributed by atoms with van der Waals surface area (Å²) in [5.74, 6) is 0.612. The van der Waals surface area contributed by atoms with Gasteiger partial charge >= 0.3 is 0 Å². The van der Waals surface area contributed by atoms with E-state index in [1.165, 1.54) is 0 Å². The summed E-state index contributed by atoms with van der Waals surface area (Å²) in [5.41, 5.74) is 7.15. The van der Waals surface area contributed by atoms with Crippen molar-refractivity contribution >= 4 is 23.1 Å². The molecule has 0 bridgehead atoms. The van der Waals surface area contributed by atoms with Crippen molar-refractivity contribution in [2.75, 3.05) is 50.4 Å². The first-order valence-electron chi connectivity index (χ1n) is 6.00. The van der Waals surface area contributed by atoms with Crippen LogP contribution < -0.4 is 11.1 Å². The molecule has 0 amide bonds. The Balaban J connectivity index is 1.86. The van der Waals surface area contributed by atoms with Crippen LogP contribution in [0.25, 0.3) is 0 Å². The fourth-order valence-electron chi connectivity index (χ4n) is 1.84. The fourth-order valence-corrected chi connectivity index (χ4v) is 2.05. The van der Waals surface area contributed by atoms with Gasteiger partial charge in [0.05, 0.1) is 24.6 Å². The predicted octanol–water partition coefficient (Wildman–Crippen LogP) is 0.765. The minimum atomic E-state index is 0.218. The number of nitrogens with one attached hydrogen (secondary N) is 1. The Bertz CT molecular complexity index is 409. The molecule has 0 aromatic carbocycles. The van der Waals surface area contributed by atoms with Crippen molar-refractivity contribution < 1.29 is 4.74 Å². The van der Waals surface area contributed by atoms with Crippen molar-refractivity contribution in [2.24, 2.45) is 0 Å². The molecule has 1 aromatic heterocycles. The largest absolute Gasteiger partial charge is 0.394 e. The van der Waals surface area contributed by atoms with E-state index >= 15 is 0 Å². The molecule has 1 aliphatic rings. The minimum Gasteiger partial charge on any atom is -0.394 e. The average Bonchev–Trinajstić information content (AvgIpc) is 2.36.